The van der Waals surface area contributed by atoms with E-state index in [4.69, 9.17) is 0 Å². The van der Waals surface area contributed by atoms with Gasteiger partial charge in [0.2, 0.25) is 0 Å². The van der Waals surface area contributed by atoms with Crippen LogP contribution in [0.1, 0.15) is 35.2 Å². The third-order valence-corrected chi connectivity index (χ3v) is 4.25. The molecule has 0 saturated carbocycles. The summed E-state index contributed by atoms with van der Waals surface area (Å²) in [6.07, 6.45) is 0. The molecule has 2 aromatic rings. The Morgan fingerprint density at radius 2 is 1.67 bits per heavy atom. The maximum atomic E-state index is 13.6. The molecule has 0 heterocycles. The van der Waals surface area contributed by atoms with Gasteiger partial charge in [-0.25, -0.2) is 8.78 Å². The Labute approximate surface area is 132 Å². The monoisotopic (exact) mass is 353 g/mol. The molecule has 1 unspecified atom stereocenters. The van der Waals surface area contributed by atoms with Crippen molar-refractivity contribution < 1.29 is 8.78 Å². The zero-order valence-corrected chi connectivity index (χ0v) is 13.9. The van der Waals surface area contributed by atoms with Crippen molar-refractivity contribution in [1.82, 2.24) is 5.32 Å². The normalized spacial score (nSPS) is 12.5. The highest BCUT2D eigenvalue weighted by Crippen LogP contribution is 2.33. The summed E-state index contributed by atoms with van der Waals surface area (Å²) >= 11 is 3.48. The first-order chi connectivity index (χ1) is 9.93. The topological polar surface area (TPSA) is 12.0 Å². The zero-order chi connectivity index (χ0) is 15.6. The molecular weight excluding hydrogens is 336 g/mol. The van der Waals surface area contributed by atoms with E-state index in [2.05, 4.69) is 21.2 Å². The lowest BCUT2D eigenvalue weighted by atomic mass is 9.91. The molecule has 1 atom stereocenters. The number of hydrogen-bond acceptors (Lipinski definition) is 1. The smallest absolute Gasteiger partial charge is 0.123 e. The van der Waals surface area contributed by atoms with E-state index in [0.29, 0.717) is 0 Å². The van der Waals surface area contributed by atoms with E-state index in [1.807, 2.05) is 20.8 Å². The second kappa shape index (κ2) is 6.67. The molecule has 1 N–H and O–H groups in total. The first kappa shape index (κ1) is 16.1. The van der Waals surface area contributed by atoms with Gasteiger partial charge >= 0.3 is 0 Å². The SMILES string of the molecule is CCNC(c1cc(F)ccc1Br)c1c(C)cc(F)cc1C. The minimum Gasteiger partial charge on any atom is -0.306 e. The summed E-state index contributed by atoms with van der Waals surface area (Å²) < 4.78 is 28.0. The fourth-order valence-electron chi connectivity index (χ4n) is 2.68. The molecule has 4 heteroatoms. The first-order valence-electron chi connectivity index (χ1n) is 6.89. The van der Waals surface area contributed by atoms with Crippen molar-refractivity contribution >= 4 is 15.9 Å². The van der Waals surface area contributed by atoms with Crippen LogP contribution in [0.15, 0.2) is 34.8 Å². The van der Waals surface area contributed by atoms with E-state index < -0.39 is 0 Å². The number of nitrogens with one attached hydrogen (secondary N) is 1. The Balaban J connectivity index is 2.61. The van der Waals surface area contributed by atoms with Crippen LogP contribution in [-0.4, -0.2) is 6.54 Å². The fraction of sp³-hybridized carbons (Fsp3) is 0.294. The molecule has 0 radical (unpaired) electrons. The van der Waals surface area contributed by atoms with E-state index >= 15 is 0 Å². The average Bonchev–Trinajstić information content (AvgIpc) is 2.39. The molecule has 0 aliphatic heterocycles. The van der Waals surface area contributed by atoms with Crippen LogP contribution in [0.3, 0.4) is 0 Å². The van der Waals surface area contributed by atoms with Crippen LogP contribution in [0.4, 0.5) is 8.78 Å². The van der Waals surface area contributed by atoms with Crippen molar-refractivity contribution in [1.29, 1.82) is 0 Å². The third-order valence-electron chi connectivity index (χ3n) is 3.52. The van der Waals surface area contributed by atoms with Gasteiger partial charge in [-0.2, -0.15) is 0 Å². The lowest BCUT2D eigenvalue weighted by Crippen LogP contribution is -2.24. The van der Waals surface area contributed by atoms with Gasteiger partial charge in [0, 0.05) is 4.47 Å². The Morgan fingerprint density at radius 1 is 1.05 bits per heavy atom. The number of hydrogen-bond donors (Lipinski definition) is 1. The summed E-state index contributed by atoms with van der Waals surface area (Å²) in [4.78, 5) is 0. The molecule has 21 heavy (non-hydrogen) atoms. The van der Waals surface area contributed by atoms with Gasteiger partial charge in [-0.1, -0.05) is 22.9 Å². The highest BCUT2D eigenvalue weighted by Gasteiger charge is 2.21. The van der Waals surface area contributed by atoms with Gasteiger partial charge in [0.05, 0.1) is 6.04 Å². The number of rotatable bonds is 4. The standard InChI is InChI=1S/C17H18BrF2N/c1-4-21-17(14-9-12(19)5-6-15(14)18)16-10(2)7-13(20)8-11(16)3/h5-9,17,21H,4H2,1-3H3. The van der Waals surface area contributed by atoms with Crippen LogP contribution in [0, 0.1) is 25.5 Å². The molecule has 0 bridgehead atoms. The lowest BCUT2D eigenvalue weighted by molar-refractivity contribution is 0.592. The van der Waals surface area contributed by atoms with Crippen LogP contribution in [-0.2, 0) is 0 Å². The number of benzene rings is 2. The van der Waals surface area contributed by atoms with E-state index in [0.717, 1.165) is 33.3 Å². The van der Waals surface area contributed by atoms with Crippen molar-refractivity contribution in [2.45, 2.75) is 26.8 Å². The van der Waals surface area contributed by atoms with E-state index in [1.165, 1.54) is 24.3 Å². The molecule has 0 amide bonds. The van der Waals surface area contributed by atoms with Crippen LogP contribution >= 0.6 is 15.9 Å². The number of aryl methyl sites for hydroxylation is 2. The highest BCUT2D eigenvalue weighted by molar-refractivity contribution is 9.10. The van der Waals surface area contributed by atoms with E-state index in [9.17, 15) is 8.78 Å². The summed E-state index contributed by atoms with van der Waals surface area (Å²) in [5.41, 5.74) is 3.52. The predicted octanol–water partition coefficient (Wildman–Crippen LogP) is 5.04. The molecule has 2 rings (SSSR count). The van der Waals surface area contributed by atoms with Crippen LogP contribution in [0.5, 0.6) is 0 Å². The predicted molar refractivity (Wildman–Crippen MR) is 85.5 cm³/mol. The molecule has 1 nitrogen and oxygen atoms in total. The Morgan fingerprint density at radius 3 is 2.24 bits per heavy atom. The minimum atomic E-state index is -0.284. The summed E-state index contributed by atoms with van der Waals surface area (Å²) in [6, 6.07) is 7.48. The Hall–Kier alpha value is -1.26. The van der Waals surface area contributed by atoms with Gasteiger partial charge in [0.15, 0.2) is 0 Å². The van der Waals surface area contributed by atoms with Crippen molar-refractivity contribution in [3.05, 3.63) is 68.7 Å². The van der Waals surface area contributed by atoms with Crippen molar-refractivity contribution in [2.75, 3.05) is 6.54 Å². The summed E-state index contributed by atoms with van der Waals surface area (Å²) in [6.45, 7) is 6.48. The Kier molecular flexibility index (Phi) is 5.12. The maximum Gasteiger partial charge on any atom is 0.123 e. The molecule has 0 aliphatic carbocycles. The lowest BCUT2D eigenvalue weighted by Gasteiger charge is -2.24. The second-order valence-corrected chi connectivity index (χ2v) is 5.96. The van der Waals surface area contributed by atoms with Crippen molar-refractivity contribution in [2.24, 2.45) is 0 Å². The van der Waals surface area contributed by atoms with Gasteiger partial charge in [-0.05, 0) is 73.0 Å². The summed E-state index contributed by atoms with van der Waals surface area (Å²) in [5, 5.41) is 3.37. The largest absolute Gasteiger partial charge is 0.306 e. The summed E-state index contributed by atoms with van der Waals surface area (Å²) in [7, 11) is 0. The molecule has 0 fully saturated rings. The molecule has 0 spiro atoms. The third kappa shape index (κ3) is 3.50. The number of halogens is 3. The fourth-order valence-corrected chi connectivity index (χ4v) is 3.16. The second-order valence-electron chi connectivity index (χ2n) is 5.11. The average molecular weight is 354 g/mol. The highest BCUT2D eigenvalue weighted by atomic mass is 79.9. The van der Waals surface area contributed by atoms with E-state index in [-0.39, 0.29) is 17.7 Å². The van der Waals surface area contributed by atoms with Crippen molar-refractivity contribution in [3.8, 4) is 0 Å². The molecule has 112 valence electrons. The van der Waals surface area contributed by atoms with Gasteiger partial charge in [-0.15, -0.1) is 0 Å². The maximum absolute atomic E-state index is 13.6. The first-order valence-corrected chi connectivity index (χ1v) is 7.68. The van der Waals surface area contributed by atoms with Gasteiger partial charge in [0.25, 0.3) is 0 Å². The molecule has 0 aromatic heterocycles. The zero-order valence-electron chi connectivity index (χ0n) is 12.3. The molecule has 0 saturated heterocycles. The molecule has 0 aliphatic rings. The Bertz CT molecular complexity index is 632. The minimum absolute atomic E-state index is 0.180. The van der Waals surface area contributed by atoms with E-state index in [1.54, 1.807) is 6.07 Å². The molecular formula is C17H18BrF2N. The molecule has 2 aromatic carbocycles. The van der Waals surface area contributed by atoms with Crippen LogP contribution < -0.4 is 5.32 Å². The van der Waals surface area contributed by atoms with Crippen molar-refractivity contribution in [3.63, 3.8) is 0 Å². The van der Waals surface area contributed by atoms with Crippen LogP contribution in [0.2, 0.25) is 0 Å². The quantitative estimate of drug-likeness (QED) is 0.811. The van der Waals surface area contributed by atoms with Crippen LogP contribution in [0.25, 0.3) is 0 Å². The summed E-state index contributed by atoms with van der Waals surface area (Å²) in [5.74, 6) is -0.532. The van der Waals surface area contributed by atoms with Gasteiger partial charge < -0.3 is 5.32 Å². The van der Waals surface area contributed by atoms with Gasteiger partial charge in [-0.3, -0.25) is 0 Å². The van der Waals surface area contributed by atoms with Gasteiger partial charge in [0.1, 0.15) is 11.6 Å².